The van der Waals surface area contributed by atoms with Crippen molar-refractivity contribution in [2.75, 3.05) is 5.32 Å². The number of halogens is 3. The van der Waals surface area contributed by atoms with Gasteiger partial charge in [-0.25, -0.2) is 4.39 Å². The summed E-state index contributed by atoms with van der Waals surface area (Å²) in [7, 11) is 0. The molecule has 0 aliphatic heterocycles. The Morgan fingerprint density at radius 2 is 2.05 bits per heavy atom. The lowest BCUT2D eigenvalue weighted by Gasteiger charge is -2.11. The molecular weight excluding hydrogens is 318 g/mol. The summed E-state index contributed by atoms with van der Waals surface area (Å²) < 4.78 is 13.3. The van der Waals surface area contributed by atoms with Crippen molar-refractivity contribution in [3.05, 3.63) is 57.6 Å². The van der Waals surface area contributed by atoms with E-state index in [2.05, 4.69) is 15.5 Å². The Morgan fingerprint density at radius 3 is 2.67 bits per heavy atom. The first-order chi connectivity index (χ1) is 10.0. The van der Waals surface area contributed by atoms with E-state index in [1.165, 1.54) is 18.3 Å². The second-order valence-corrected chi connectivity index (χ2v) is 4.92. The van der Waals surface area contributed by atoms with Gasteiger partial charge in [-0.2, -0.15) is 0 Å². The Balaban J connectivity index is 2.21. The third-order valence-electron chi connectivity index (χ3n) is 2.71. The van der Waals surface area contributed by atoms with E-state index in [9.17, 15) is 4.39 Å². The van der Waals surface area contributed by atoms with E-state index >= 15 is 0 Å². The molecule has 110 valence electrons. The lowest BCUT2D eigenvalue weighted by Crippen LogP contribution is -2.18. The van der Waals surface area contributed by atoms with Gasteiger partial charge in [0.15, 0.2) is 11.7 Å². The molecule has 21 heavy (non-hydrogen) atoms. The van der Waals surface area contributed by atoms with Crippen LogP contribution in [0.5, 0.6) is 0 Å². The second kappa shape index (κ2) is 6.60. The highest BCUT2D eigenvalue weighted by Gasteiger charge is 2.10. The summed E-state index contributed by atoms with van der Waals surface area (Å²) in [5.41, 5.74) is 7.14. The smallest absolute Gasteiger partial charge is 0.189 e. The van der Waals surface area contributed by atoms with Gasteiger partial charge in [0.2, 0.25) is 0 Å². The van der Waals surface area contributed by atoms with Gasteiger partial charge in [0, 0.05) is 24.0 Å². The number of rotatable bonds is 4. The van der Waals surface area contributed by atoms with E-state index in [0.29, 0.717) is 23.5 Å². The molecule has 0 aliphatic rings. The van der Waals surface area contributed by atoms with Crippen molar-refractivity contribution in [3.63, 3.8) is 0 Å². The van der Waals surface area contributed by atoms with Crippen molar-refractivity contribution < 1.29 is 9.60 Å². The molecule has 0 saturated heterocycles. The largest absolute Gasteiger partial charge is 0.409 e. The molecule has 0 saturated carbocycles. The minimum Gasteiger partial charge on any atom is -0.409 e. The summed E-state index contributed by atoms with van der Waals surface area (Å²) in [6.07, 6.45) is 1.53. The van der Waals surface area contributed by atoms with Crippen molar-refractivity contribution in [1.29, 1.82) is 0 Å². The van der Waals surface area contributed by atoms with Gasteiger partial charge in [-0.15, -0.1) is 0 Å². The highest BCUT2D eigenvalue weighted by molar-refractivity contribution is 6.35. The zero-order valence-corrected chi connectivity index (χ0v) is 12.2. The van der Waals surface area contributed by atoms with Gasteiger partial charge in [-0.05, 0) is 18.2 Å². The summed E-state index contributed by atoms with van der Waals surface area (Å²) in [5, 5.41) is 14.5. The van der Waals surface area contributed by atoms with Crippen LogP contribution in [0.1, 0.15) is 11.3 Å². The summed E-state index contributed by atoms with van der Waals surface area (Å²) in [6, 6.07) is 6.32. The molecule has 4 N–H and O–H groups in total. The van der Waals surface area contributed by atoms with Crippen LogP contribution in [0, 0.1) is 5.82 Å². The number of nitrogens with zero attached hydrogens (tertiary/aromatic N) is 2. The number of nitrogens with one attached hydrogen (secondary N) is 1. The van der Waals surface area contributed by atoms with E-state index in [-0.39, 0.29) is 15.9 Å². The van der Waals surface area contributed by atoms with Crippen LogP contribution in [0.2, 0.25) is 10.0 Å². The number of aromatic nitrogens is 1. The van der Waals surface area contributed by atoms with Crippen LogP contribution in [-0.4, -0.2) is 16.0 Å². The van der Waals surface area contributed by atoms with Crippen molar-refractivity contribution >= 4 is 34.7 Å². The number of nitrogens with two attached hydrogens (primary N) is 1. The minimum atomic E-state index is -0.664. The fraction of sp³-hybridized carbons (Fsp3) is 0.0769. The fourth-order valence-electron chi connectivity index (χ4n) is 1.71. The van der Waals surface area contributed by atoms with Gasteiger partial charge in [0.1, 0.15) is 5.69 Å². The third-order valence-corrected chi connectivity index (χ3v) is 3.26. The number of oxime groups is 1. The molecule has 0 unspecified atom stereocenters. The quantitative estimate of drug-likeness (QED) is 0.264. The Hall–Kier alpha value is -2.05. The van der Waals surface area contributed by atoms with Crippen molar-refractivity contribution in [1.82, 2.24) is 4.98 Å². The molecule has 1 heterocycles. The van der Waals surface area contributed by atoms with Crippen molar-refractivity contribution in [3.8, 4) is 0 Å². The monoisotopic (exact) mass is 328 g/mol. The molecule has 0 aliphatic carbocycles. The summed E-state index contributed by atoms with van der Waals surface area (Å²) >= 11 is 11.4. The normalized spacial score (nSPS) is 11.5. The second-order valence-electron chi connectivity index (χ2n) is 4.10. The average Bonchev–Trinajstić information content (AvgIpc) is 2.50. The molecular formula is C13H11Cl2FN4O. The predicted molar refractivity (Wildman–Crippen MR) is 80.5 cm³/mol. The highest BCUT2D eigenvalue weighted by Crippen LogP contribution is 2.27. The van der Waals surface area contributed by atoms with Crippen LogP contribution in [0.3, 0.4) is 0 Å². The SMILES string of the molecule is N/C(=N/O)c1ncccc1CNc1cc(Cl)c(F)c(Cl)c1. The molecule has 0 spiro atoms. The van der Waals surface area contributed by atoms with E-state index < -0.39 is 5.82 Å². The van der Waals surface area contributed by atoms with Crippen molar-refractivity contribution in [2.45, 2.75) is 6.54 Å². The molecule has 0 radical (unpaired) electrons. The summed E-state index contributed by atoms with van der Waals surface area (Å²) in [5.74, 6) is -0.759. The Morgan fingerprint density at radius 1 is 1.38 bits per heavy atom. The number of pyridine rings is 1. The number of hydrogen-bond acceptors (Lipinski definition) is 4. The van der Waals surface area contributed by atoms with Gasteiger partial charge >= 0.3 is 0 Å². The molecule has 2 rings (SSSR count). The van der Waals surface area contributed by atoms with Crippen LogP contribution in [0.25, 0.3) is 0 Å². The Bertz CT molecular complexity index is 671. The molecule has 0 fully saturated rings. The van der Waals surface area contributed by atoms with E-state index in [4.69, 9.17) is 34.1 Å². The van der Waals surface area contributed by atoms with Gasteiger partial charge < -0.3 is 16.3 Å². The van der Waals surface area contributed by atoms with Crippen LogP contribution in [0.4, 0.5) is 10.1 Å². The van der Waals surface area contributed by atoms with Gasteiger partial charge in [0.05, 0.1) is 10.0 Å². The number of anilines is 1. The Labute approximate surface area is 130 Å². The topological polar surface area (TPSA) is 83.5 Å². The summed E-state index contributed by atoms with van der Waals surface area (Å²) in [6.45, 7) is 0.317. The molecule has 0 bridgehead atoms. The van der Waals surface area contributed by atoms with Crippen molar-refractivity contribution in [2.24, 2.45) is 10.9 Å². The van der Waals surface area contributed by atoms with Crippen LogP contribution < -0.4 is 11.1 Å². The Kier molecular flexibility index (Phi) is 4.82. The molecule has 0 atom stereocenters. The van der Waals surface area contributed by atoms with Gasteiger partial charge in [-0.1, -0.05) is 34.4 Å². The molecule has 2 aromatic rings. The first kappa shape index (κ1) is 15.3. The zero-order chi connectivity index (χ0) is 15.4. The van der Waals surface area contributed by atoms with Gasteiger partial charge in [-0.3, -0.25) is 4.98 Å². The van der Waals surface area contributed by atoms with Crippen LogP contribution >= 0.6 is 23.2 Å². The standard InChI is InChI=1S/C13H11Cl2FN4O/c14-9-4-8(5-10(15)11(9)16)19-6-7-2-1-3-18-12(7)13(17)20-21/h1-5,19,21H,6H2,(H2,17,20). The first-order valence-corrected chi connectivity index (χ1v) is 6.58. The molecule has 0 amide bonds. The lowest BCUT2D eigenvalue weighted by atomic mass is 10.1. The van der Waals surface area contributed by atoms with E-state index in [0.717, 1.165) is 0 Å². The average molecular weight is 329 g/mol. The maximum atomic E-state index is 13.3. The van der Waals surface area contributed by atoms with E-state index in [1.54, 1.807) is 12.1 Å². The number of benzene rings is 1. The highest BCUT2D eigenvalue weighted by atomic mass is 35.5. The van der Waals surface area contributed by atoms with Crippen LogP contribution in [0.15, 0.2) is 35.6 Å². The molecule has 5 nitrogen and oxygen atoms in total. The molecule has 1 aromatic heterocycles. The zero-order valence-electron chi connectivity index (χ0n) is 10.6. The lowest BCUT2D eigenvalue weighted by molar-refractivity contribution is 0.318. The van der Waals surface area contributed by atoms with Gasteiger partial charge in [0.25, 0.3) is 0 Å². The summed E-state index contributed by atoms with van der Waals surface area (Å²) in [4.78, 5) is 4.04. The predicted octanol–water partition coefficient (Wildman–Crippen LogP) is 3.23. The fourth-order valence-corrected chi connectivity index (χ4v) is 2.20. The van der Waals surface area contributed by atoms with E-state index in [1.807, 2.05) is 0 Å². The maximum Gasteiger partial charge on any atom is 0.189 e. The van der Waals surface area contributed by atoms with Crippen LogP contribution in [-0.2, 0) is 6.54 Å². The molecule has 8 heteroatoms. The first-order valence-electron chi connectivity index (χ1n) is 5.83. The number of amidine groups is 1. The molecule has 1 aromatic carbocycles. The maximum absolute atomic E-state index is 13.3. The third kappa shape index (κ3) is 3.53. The minimum absolute atomic E-state index is 0.0761. The number of hydrogen-bond donors (Lipinski definition) is 3.